The van der Waals surface area contributed by atoms with Crippen molar-refractivity contribution in [2.24, 2.45) is 0 Å². The van der Waals surface area contributed by atoms with Gasteiger partial charge in [0, 0.05) is 0 Å². The lowest BCUT2D eigenvalue weighted by molar-refractivity contribution is 0.492. The molecular weight excluding hydrogens is 216 g/mol. The van der Waals surface area contributed by atoms with E-state index in [9.17, 15) is 16.8 Å². The van der Waals surface area contributed by atoms with Gasteiger partial charge in [-0.05, 0) is 18.2 Å². The normalized spacial score (nSPS) is 23.9. The predicted molar refractivity (Wildman–Crippen MR) is 44.7 cm³/mol. The van der Waals surface area contributed by atoms with Crippen LogP contribution in [-0.4, -0.2) is 21.4 Å². The van der Waals surface area contributed by atoms with Crippen molar-refractivity contribution in [3.63, 3.8) is 0 Å². The molecule has 2 heterocycles. The largest absolute Gasteiger partial charge is 0.295 e. The molecule has 2 bridgehead atoms. The molecule has 0 amide bonds. The molecule has 0 saturated heterocycles. The lowest BCUT2D eigenvalue weighted by atomic mass is 10.3. The fourth-order valence-electron chi connectivity index (χ4n) is 1.21. The lowest BCUT2D eigenvalue weighted by Gasteiger charge is -1.95. The van der Waals surface area contributed by atoms with Gasteiger partial charge in [-0.3, -0.25) is 4.55 Å². The fourth-order valence-corrected chi connectivity index (χ4v) is 3.87. The van der Waals surface area contributed by atoms with E-state index in [1.165, 1.54) is 6.08 Å². The van der Waals surface area contributed by atoms with Crippen LogP contribution in [-0.2, 0) is 20.0 Å². The molecule has 5 nitrogen and oxygen atoms in total. The standard InChI is InChI=1S/C6H4O5S2/c7-12(8)4-1-2-5(12)6(3-4)13(9,10)11/h1-3H,(H,9,10,11). The zero-order valence-electron chi connectivity index (χ0n) is 6.13. The highest BCUT2D eigenvalue weighted by molar-refractivity contribution is 8.01. The number of allylic oxidation sites excluding steroid dienone is 3. The van der Waals surface area contributed by atoms with Crippen molar-refractivity contribution in [1.82, 2.24) is 0 Å². The second-order valence-electron chi connectivity index (χ2n) is 2.59. The minimum absolute atomic E-state index is 0.0878. The maximum Gasteiger partial charge on any atom is 0.295 e. The third-order valence-corrected chi connectivity index (χ3v) is 4.63. The molecule has 0 atom stereocenters. The van der Waals surface area contributed by atoms with Gasteiger partial charge in [-0.2, -0.15) is 8.42 Å². The molecule has 2 rings (SSSR count). The van der Waals surface area contributed by atoms with E-state index in [0.29, 0.717) is 0 Å². The highest BCUT2D eigenvalue weighted by Crippen LogP contribution is 2.38. The Kier molecular flexibility index (Phi) is 1.41. The molecule has 0 aromatic rings. The van der Waals surface area contributed by atoms with Crippen LogP contribution in [0.25, 0.3) is 0 Å². The number of sulfone groups is 1. The summed E-state index contributed by atoms with van der Waals surface area (Å²) < 4.78 is 52.5. The van der Waals surface area contributed by atoms with Gasteiger partial charge in [-0.1, -0.05) is 0 Å². The van der Waals surface area contributed by atoms with Gasteiger partial charge in [0.05, 0.1) is 9.81 Å². The van der Waals surface area contributed by atoms with Crippen LogP contribution in [0.4, 0.5) is 0 Å². The van der Waals surface area contributed by atoms with E-state index in [4.69, 9.17) is 4.55 Å². The van der Waals surface area contributed by atoms with E-state index in [1.54, 1.807) is 0 Å². The molecule has 0 spiro atoms. The van der Waals surface area contributed by atoms with Crippen LogP contribution in [0.2, 0.25) is 0 Å². The SMILES string of the molecule is O=S(=O)(O)C1=C2C=CC(=C1)S2(=O)=O. The van der Waals surface area contributed by atoms with Crippen molar-refractivity contribution in [3.05, 3.63) is 32.9 Å². The molecule has 0 saturated carbocycles. The third-order valence-electron chi connectivity index (χ3n) is 1.79. The van der Waals surface area contributed by atoms with Gasteiger partial charge in [-0.25, -0.2) is 8.42 Å². The van der Waals surface area contributed by atoms with Gasteiger partial charge in [0.1, 0.15) is 4.91 Å². The van der Waals surface area contributed by atoms with Gasteiger partial charge >= 0.3 is 0 Å². The number of hydrogen-bond donors (Lipinski definition) is 1. The Labute approximate surface area is 74.7 Å². The monoisotopic (exact) mass is 220 g/mol. The van der Waals surface area contributed by atoms with Gasteiger partial charge in [0.15, 0.2) is 0 Å². The highest BCUT2D eigenvalue weighted by atomic mass is 32.2. The van der Waals surface area contributed by atoms with Crippen LogP contribution >= 0.6 is 0 Å². The van der Waals surface area contributed by atoms with Crippen LogP contribution in [0.15, 0.2) is 32.9 Å². The minimum atomic E-state index is -4.43. The van der Waals surface area contributed by atoms with Crippen molar-refractivity contribution in [3.8, 4) is 0 Å². The number of fused-ring (bicyclic) bond motifs is 2. The number of hydrogen-bond acceptors (Lipinski definition) is 4. The first-order valence-corrected chi connectivity index (χ1v) is 6.12. The summed E-state index contributed by atoms with van der Waals surface area (Å²) in [5, 5.41) is 0. The summed E-state index contributed by atoms with van der Waals surface area (Å²) >= 11 is 0. The Hall–Kier alpha value is -0.920. The predicted octanol–water partition coefficient (Wildman–Crippen LogP) is -0.0321. The highest BCUT2D eigenvalue weighted by Gasteiger charge is 2.38. The zero-order valence-corrected chi connectivity index (χ0v) is 7.76. The molecule has 1 N–H and O–H groups in total. The third kappa shape index (κ3) is 1.01. The first-order chi connectivity index (χ1) is 5.83. The molecule has 2 aliphatic rings. The Morgan fingerprint density at radius 2 is 1.85 bits per heavy atom. The minimum Gasteiger partial charge on any atom is -0.282 e. The molecule has 13 heavy (non-hydrogen) atoms. The average molecular weight is 220 g/mol. The Morgan fingerprint density at radius 1 is 1.23 bits per heavy atom. The lowest BCUT2D eigenvalue weighted by Crippen LogP contribution is -2.02. The second-order valence-corrected chi connectivity index (χ2v) is 5.90. The van der Waals surface area contributed by atoms with Gasteiger partial charge in [0.2, 0.25) is 9.84 Å². The Bertz CT molecular complexity index is 571. The van der Waals surface area contributed by atoms with E-state index < -0.39 is 24.9 Å². The molecule has 70 valence electrons. The molecule has 0 aliphatic carbocycles. The molecule has 0 radical (unpaired) electrons. The van der Waals surface area contributed by atoms with Crippen molar-refractivity contribution >= 4 is 20.0 Å². The van der Waals surface area contributed by atoms with E-state index in [2.05, 4.69) is 0 Å². The summed E-state index contributed by atoms with van der Waals surface area (Å²) in [5.74, 6) is 0. The van der Waals surface area contributed by atoms with Gasteiger partial charge in [0.25, 0.3) is 10.1 Å². The smallest absolute Gasteiger partial charge is 0.282 e. The van der Waals surface area contributed by atoms with Crippen molar-refractivity contribution in [2.75, 3.05) is 0 Å². The summed E-state index contributed by atoms with van der Waals surface area (Å²) in [4.78, 5) is -0.967. The van der Waals surface area contributed by atoms with Crippen LogP contribution in [0.3, 0.4) is 0 Å². The van der Waals surface area contributed by atoms with Crippen molar-refractivity contribution in [1.29, 1.82) is 0 Å². The molecule has 0 fully saturated rings. The maximum atomic E-state index is 11.2. The number of rotatable bonds is 1. The van der Waals surface area contributed by atoms with E-state index in [1.807, 2.05) is 0 Å². The Balaban J connectivity index is 2.86. The average Bonchev–Trinajstić information content (AvgIpc) is 2.39. The molecule has 7 heteroatoms. The fraction of sp³-hybridized carbons (Fsp3) is 0. The van der Waals surface area contributed by atoms with E-state index >= 15 is 0 Å². The summed E-state index contributed by atoms with van der Waals surface area (Å²) in [7, 11) is -8.07. The van der Waals surface area contributed by atoms with Crippen molar-refractivity contribution in [2.45, 2.75) is 0 Å². The summed E-state index contributed by atoms with van der Waals surface area (Å²) in [6, 6.07) is 0. The van der Waals surface area contributed by atoms with Gasteiger partial charge in [-0.15, -0.1) is 0 Å². The summed E-state index contributed by atoms with van der Waals surface area (Å²) in [6.07, 6.45) is 3.40. The molecule has 2 aliphatic heterocycles. The first kappa shape index (κ1) is 8.67. The van der Waals surface area contributed by atoms with Crippen molar-refractivity contribution < 1.29 is 21.4 Å². The van der Waals surface area contributed by atoms with E-state index in [-0.39, 0.29) is 9.81 Å². The second kappa shape index (κ2) is 2.11. The Morgan fingerprint density at radius 3 is 2.08 bits per heavy atom. The van der Waals surface area contributed by atoms with Crippen LogP contribution in [0.1, 0.15) is 0 Å². The quantitative estimate of drug-likeness (QED) is 0.627. The van der Waals surface area contributed by atoms with Crippen LogP contribution < -0.4 is 0 Å². The van der Waals surface area contributed by atoms with E-state index in [0.717, 1.165) is 12.2 Å². The summed E-state index contributed by atoms with van der Waals surface area (Å²) in [5.41, 5.74) is 0. The topological polar surface area (TPSA) is 88.5 Å². The molecule has 0 unspecified atom stereocenters. The first-order valence-electron chi connectivity index (χ1n) is 3.20. The summed E-state index contributed by atoms with van der Waals surface area (Å²) in [6.45, 7) is 0. The van der Waals surface area contributed by atoms with Crippen LogP contribution in [0.5, 0.6) is 0 Å². The molecule has 0 aromatic carbocycles. The maximum absolute atomic E-state index is 11.2. The molecular formula is C6H4O5S2. The molecule has 0 aromatic heterocycles. The van der Waals surface area contributed by atoms with Crippen LogP contribution in [0, 0.1) is 0 Å². The van der Waals surface area contributed by atoms with Gasteiger partial charge < -0.3 is 0 Å². The zero-order chi connectivity index (χ0) is 9.85.